The molecule has 0 aromatic carbocycles. The van der Waals surface area contributed by atoms with E-state index in [1.54, 1.807) is 29.3 Å². The lowest BCUT2D eigenvalue weighted by Gasteiger charge is -2.24. The van der Waals surface area contributed by atoms with Crippen LogP contribution in [-0.4, -0.2) is 45.9 Å². The van der Waals surface area contributed by atoms with Gasteiger partial charge in [0.15, 0.2) is 5.69 Å². The molecule has 2 aliphatic heterocycles. The second kappa shape index (κ2) is 4.80. The Morgan fingerprint density at radius 3 is 3.10 bits per heavy atom. The minimum atomic E-state index is -0.571. The Labute approximate surface area is 121 Å². The molecule has 1 N–H and O–H groups in total. The maximum Gasteiger partial charge on any atom is 0.277 e. The molecule has 2 aliphatic rings. The third-order valence-electron chi connectivity index (χ3n) is 4.56. The zero-order chi connectivity index (χ0) is 14.4. The molecule has 2 saturated heterocycles. The Kier molecular flexibility index (Phi) is 2.92. The first-order chi connectivity index (χ1) is 10.2. The van der Waals surface area contributed by atoms with Crippen LogP contribution in [0.25, 0.3) is 5.65 Å². The molecule has 2 atom stereocenters. The number of amides is 1. The molecule has 0 bridgehead atoms. The Morgan fingerprint density at radius 2 is 2.29 bits per heavy atom. The first-order valence-electron chi connectivity index (χ1n) is 7.39. The van der Waals surface area contributed by atoms with Crippen molar-refractivity contribution in [3.05, 3.63) is 36.0 Å². The van der Waals surface area contributed by atoms with Gasteiger partial charge in [-0.15, -0.1) is 0 Å². The van der Waals surface area contributed by atoms with Crippen LogP contribution in [0.3, 0.4) is 0 Å². The average molecular weight is 288 g/mol. The maximum atomic E-state index is 14.3. The predicted molar refractivity (Wildman–Crippen MR) is 75.6 cm³/mol. The second-order valence-electron chi connectivity index (χ2n) is 5.85. The molecule has 0 aliphatic carbocycles. The molecule has 2 fully saturated rings. The number of carbonyl (C=O) groups excluding carboxylic acids is 1. The zero-order valence-corrected chi connectivity index (χ0v) is 11.6. The largest absolute Gasteiger partial charge is 0.335 e. The van der Waals surface area contributed by atoms with Gasteiger partial charge in [-0.25, -0.2) is 4.98 Å². The lowest BCUT2D eigenvalue weighted by Crippen LogP contribution is -2.41. The number of nitrogens with one attached hydrogen (secondary N) is 1. The van der Waals surface area contributed by atoms with Gasteiger partial charge >= 0.3 is 0 Å². The lowest BCUT2D eigenvalue weighted by atomic mass is 9.94. The SMILES string of the molecule is O=C(c1nc2ccccn2c1F)N1CC2CCCNC2C1. The van der Waals surface area contributed by atoms with E-state index in [1.807, 2.05) is 0 Å². The number of imidazole rings is 1. The fraction of sp³-hybridized carbons (Fsp3) is 0.467. The average Bonchev–Trinajstić information content (AvgIpc) is 3.08. The number of pyridine rings is 1. The van der Waals surface area contributed by atoms with E-state index in [9.17, 15) is 9.18 Å². The van der Waals surface area contributed by atoms with Gasteiger partial charge in [-0.3, -0.25) is 9.20 Å². The number of likely N-dealkylation sites (tertiary alicyclic amines) is 1. The highest BCUT2D eigenvalue weighted by Crippen LogP contribution is 2.26. The van der Waals surface area contributed by atoms with Crippen LogP contribution in [0, 0.1) is 11.9 Å². The summed E-state index contributed by atoms with van der Waals surface area (Å²) in [6.45, 7) is 2.35. The molecule has 4 rings (SSSR count). The molecule has 2 aromatic heterocycles. The summed E-state index contributed by atoms with van der Waals surface area (Å²) in [7, 11) is 0. The topological polar surface area (TPSA) is 49.6 Å². The van der Waals surface area contributed by atoms with Crippen LogP contribution in [0.2, 0.25) is 0 Å². The summed E-state index contributed by atoms with van der Waals surface area (Å²) in [6, 6.07) is 5.55. The van der Waals surface area contributed by atoms with E-state index in [2.05, 4.69) is 10.3 Å². The van der Waals surface area contributed by atoms with Crippen LogP contribution in [0.5, 0.6) is 0 Å². The summed E-state index contributed by atoms with van der Waals surface area (Å²) < 4.78 is 15.7. The Balaban J connectivity index is 1.63. The minimum Gasteiger partial charge on any atom is -0.335 e. The number of piperidine rings is 1. The number of halogens is 1. The Bertz CT molecular complexity index is 684. The number of hydrogen-bond acceptors (Lipinski definition) is 3. The van der Waals surface area contributed by atoms with Gasteiger partial charge in [0.05, 0.1) is 0 Å². The van der Waals surface area contributed by atoms with Crippen molar-refractivity contribution in [3.63, 3.8) is 0 Å². The van der Waals surface area contributed by atoms with Crippen LogP contribution in [0.1, 0.15) is 23.3 Å². The van der Waals surface area contributed by atoms with Crippen LogP contribution in [-0.2, 0) is 0 Å². The third-order valence-corrected chi connectivity index (χ3v) is 4.56. The van der Waals surface area contributed by atoms with Crippen molar-refractivity contribution in [1.29, 1.82) is 0 Å². The summed E-state index contributed by atoms with van der Waals surface area (Å²) in [5.41, 5.74) is 0.396. The van der Waals surface area contributed by atoms with E-state index >= 15 is 0 Å². The van der Waals surface area contributed by atoms with Crippen LogP contribution >= 0.6 is 0 Å². The normalized spacial score (nSPS) is 25.3. The zero-order valence-electron chi connectivity index (χ0n) is 11.6. The molecule has 0 saturated carbocycles. The van der Waals surface area contributed by atoms with Gasteiger partial charge in [0.2, 0.25) is 5.95 Å². The smallest absolute Gasteiger partial charge is 0.277 e. The molecule has 6 heteroatoms. The highest BCUT2D eigenvalue weighted by Gasteiger charge is 2.38. The highest BCUT2D eigenvalue weighted by molar-refractivity contribution is 5.93. The fourth-order valence-corrected chi connectivity index (χ4v) is 3.46. The molecular weight excluding hydrogens is 271 g/mol. The molecule has 21 heavy (non-hydrogen) atoms. The van der Waals surface area contributed by atoms with E-state index in [4.69, 9.17) is 0 Å². The summed E-state index contributed by atoms with van der Waals surface area (Å²) >= 11 is 0. The summed E-state index contributed by atoms with van der Waals surface area (Å²) in [5.74, 6) is -0.381. The van der Waals surface area contributed by atoms with Gasteiger partial charge < -0.3 is 10.2 Å². The number of nitrogens with zero attached hydrogens (tertiary/aromatic N) is 3. The van der Waals surface area contributed by atoms with Crippen molar-refractivity contribution >= 4 is 11.6 Å². The number of aromatic nitrogens is 2. The molecule has 110 valence electrons. The van der Waals surface area contributed by atoms with E-state index in [1.165, 1.54) is 4.40 Å². The van der Waals surface area contributed by atoms with E-state index in [-0.39, 0.29) is 11.6 Å². The molecular formula is C15H17FN4O. The van der Waals surface area contributed by atoms with Crippen molar-refractivity contribution in [2.75, 3.05) is 19.6 Å². The number of rotatable bonds is 1. The van der Waals surface area contributed by atoms with Gasteiger partial charge in [0.1, 0.15) is 5.65 Å². The first-order valence-corrected chi connectivity index (χ1v) is 7.39. The molecule has 0 radical (unpaired) electrons. The second-order valence-corrected chi connectivity index (χ2v) is 5.85. The monoisotopic (exact) mass is 288 g/mol. The summed E-state index contributed by atoms with van der Waals surface area (Å²) in [5, 5.41) is 3.45. The van der Waals surface area contributed by atoms with Crippen molar-refractivity contribution < 1.29 is 9.18 Å². The van der Waals surface area contributed by atoms with Crippen molar-refractivity contribution in [1.82, 2.24) is 19.6 Å². The third kappa shape index (κ3) is 2.01. The minimum absolute atomic E-state index is 0.0696. The van der Waals surface area contributed by atoms with E-state index in [0.717, 1.165) is 19.4 Å². The fourth-order valence-electron chi connectivity index (χ4n) is 3.46. The maximum absolute atomic E-state index is 14.3. The van der Waals surface area contributed by atoms with Crippen molar-refractivity contribution in [2.45, 2.75) is 18.9 Å². The number of carbonyl (C=O) groups is 1. The predicted octanol–water partition coefficient (Wildman–Crippen LogP) is 1.30. The van der Waals surface area contributed by atoms with Gasteiger partial charge in [0, 0.05) is 25.3 Å². The van der Waals surface area contributed by atoms with Gasteiger partial charge in [0.25, 0.3) is 5.91 Å². The Morgan fingerprint density at radius 1 is 1.38 bits per heavy atom. The van der Waals surface area contributed by atoms with Gasteiger partial charge in [-0.2, -0.15) is 4.39 Å². The van der Waals surface area contributed by atoms with Gasteiger partial charge in [-0.05, 0) is 37.4 Å². The van der Waals surface area contributed by atoms with Crippen LogP contribution < -0.4 is 5.32 Å². The van der Waals surface area contributed by atoms with E-state index in [0.29, 0.717) is 30.7 Å². The first kappa shape index (κ1) is 12.8. The Hall–Kier alpha value is -1.95. The highest BCUT2D eigenvalue weighted by atomic mass is 19.1. The van der Waals surface area contributed by atoms with E-state index < -0.39 is 5.95 Å². The van der Waals surface area contributed by atoms with Crippen LogP contribution in [0.4, 0.5) is 4.39 Å². The molecule has 5 nitrogen and oxygen atoms in total. The number of fused-ring (bicyclic) bond motifs is 2. The van der Waals surface area contributed by atoms with Gasteiger partial charge in [-0.1, -0.05) is 6.07 Å². The van der Waals surface area contributed by atoms with Crippen molar-refractivity contribution in [3.8, 4) is 0 Å². The van der Waals surface area contributed by atoms with Crippen molar-refractivity contribution in [2.24, 2.45) is 5.92 Å². The molecule has 0 spiro atoms. The molecule has 4 heterocycles. The molecule has 1 amide bonds. The molecule has 2 unspecified atom stereocenters. The summed E-state index contributed by atoms with van der Waals surface area (Å²) in [6.07, 6.45) is 3.86. The summed E-state index contributed by atoms with van der Waals surface area (Å²) in [4.78, 5) is 18.4. The quantitative estimate of drug-likeness (QED) is 0.860. The molecule has 2 aromatic rings. The van der Waals surface area contributed by atoms with Crippen LogP contribution in [0.15, 0.2) is 24.4 Å². The number of hydrogen-bond donors (Lipinski definition) is 1. The lowest BCUT2D eigenvalue weighted by molar-refractivity contribution is 0.0775. The standard InChI is InChI=1S/C15H17FN4O/c16-14-13(18-12-5-1-2-7-20(12)14)15(21)19-8-10-4-3-6-17-11(10)9-19/h1-2,5,7,10-11,17H,3-4,6,8-9H2.